The normalized spacial score (nSPS) is 10.8. The van der Waals surface area contributed by atoms with Crippen molar-refractivity contribution in [2.24, 2.45) is 0 Å². The van der Waals surface area contributed by atoms with Gasteiger partial charge in [-0.15, -0.1) is 0 Å². The van der Waals surface area contributed by atoms with Crippen LogP contribution in [0.4, 0.5) is 17.1 Å². The van der Waals surface area contributed by atoms with Crippen LogP contribution in [0.5, 0.6) is 0 Å². The average molecular weight is 488 g/mol. The highest BCUT2D eigenvalue weighted by atomic mass is 15.1. The van der Waals surface area contributed by atoms with Gasteiger partial charge in [-0.1, -0.05) is 127 Å². The van der Waals surface area contributed by atoms with E-state index in [9.17, 15) is 0 Å². The van der Waals surface area contributed by atoms with E-state index in [4.69, 9.17) is 0 Å². The summed E-state index contributed by atoms with van der Waals surface area (Å²) in [5.41, 5.74) is 11.9. The lowest BCUT2D eigenvalue weighted by atomic mass is 10.0. The Morgan fingerprint density at radius 1 is 0.316 bits per heavy atom. The highest BCUT2D eigenvalue weighted by molar-refractivity contribution is 5.82. The van der Waals surface area contributed by atoms with Crippen LogP contribution in [0.3, 0.4) is 0 Å². The van der Waals surface area contributed by atoms with E-state index in [0.717, 1.165) is 17.1 Å². The molecule has 1 nitrogen and oxygen atoms in total. The Morgan fingerprint density at radius 2 is 0.711 bits per heavy atom. The first kappa shape index (κ1) is 23.5. The van der Waals surface area contributed by atoms with Gasteiger partial charge in [0.25, 0.3) is 0 Å². The quantitative estimate of drug-likeness (QED) is 0.226. The molecule has 6 aromatic rings. The van der Waals surface area contributed by atoms with Crippen molar-refractivity contribution in [1.29, 1.82) is 0 Å². The number of nitrogens with zero attached hydrogens (tertiary/aromatic N) is 1. The van der Waals surface area contributed by atoms with Crippen LogP contribution < -0.4 is 4.90 Å². The molecule has 6 rings (SSSR count). The predicted octanol–water partition coefficient (Wildman–Crippen LogP) is 10.5. The van der Waals surface area contributed by atoms with Crippen molar-refractivity contribution in [2.75, 3.05) is 4.90 Å². The van der Waals surface area contributed by atoms with Crippen molar-refractivity contribution in [1.82, 2.24) is 0 Å². The number of rotatable bonds is 6. The second-order valence-electron chi connectivity index (χ2n) is 9.58. The summed E-state index contributed by atoms with van der Waals surface area (Å²) in [5.74, 6) is 0. The molecule has 0 aliphatic carbocycles. The fraction of sp³-hybridized carbons (Fsp3) is 0.0270. The van der Waals surface area contributed by atoms with Crippen molar-refractivity contribution in [3.05, 3.63) is 163 Å². The molecular formula is C37H29N. The number of hydrogen-bond acceptors (Lipinski definition) is 1. The van der Waals surface area contributed by atoms with Crippen molar-refractivity contribution < 1.29 is 0 Å². The highest BCUT2D eigenvalue weighted by Gasteiger charge is 2.14. The molecule has 0 saturated heterocycles. The van der Waals surface area contributed by atoms with Gasteiger partial charge in [-0.05, 0) is 76.7 Å². The summed E-state index contributed by atoms with van der Waals surface area (Å²) < 4.78 is 0. The van der Waals surface area contributed by atoms with Crippen LogP contribution in [-0.4, -0.2) is 0 Å². The summed E-state index contributed by atoms with van der Waals surface area (Å²) in [6.45, 7) is 2.13. The minimum Gasteiger partial charge on any atom is -0.310 e. The minimum absolute atomic E-state index is 1.12. The van der Waals surface area contributed by atoms with Crippen LogP contribution in [0.15, 0.2) is 158 Å². The molecule has 0 atom stereocenters. The Labute approximate surface area is 225 Å². The number of hydrogen-bond donors (Lipinski definition) is 0. The first-order valence-corrected chi connectivity index (χ1v) is 13.0. The maximum atomic E-state index is 2.33. The minimum atomic E-state index is 1.12. The zero-order valence-corrected chi connectivity index (χ0v) is 21.5. The van der Waals surface area contributed by atoms with Gasteiger partial charge in [-0.25, -0.2) is 0 Å². The summed E-state index contributed by atoms with van der Waals surface area (Å²) in [4.78, 5) is 2.33. The van der Waals surface area contributed by atoms with Gasteiger partial charge in [0.05, 0.1) is 0 Å². The summed E-state index contributed by atoms with van der Waals surface area (Å²) in [7, 11) is 0. The molecule has 0 heterocycles. The molecule has 0 aliphatic heterocycles. The van der Waals surface area contributed by atoms with Gasteiger partial charge in [0, 0.05) is 17.1 Å². The average Bonchev–Trinajstić information content (AvgIpc) is 2.99. The van der Waals surface area contributed by atoms with Crippen LogP contribution in [0, 0.1) is 6.92 Å². The summed E-state index contributed by atoms with van der Waals surface area (Å²) in [5, 5.41) is 0. The van der Waals surface area contributed by atoms with Crippen molar-refractivity contribution in [2.45, 2.75) is 6.92 Å². The smallest absolute Gasteiger partial charge is 0.0467 e. The predicted molar refractivity (Wildman–Crippen MR) is 162 cm³/mol. The maximum Gasteiger partial charge on any atom is 0.0467 e. The first-order chi connectivity index (χ1) is 18.7. The maximum absolute atomic E-state index is 2.33. The molecule has 0 aromatic heterocycles. The molecule has 0 bridgehead atoms. The highest BCUT2D eigenvalue weighted by Crippen LogP contribution is 2.38. The van der Waals surface area contributed by atoms with Crippen LogP contribution in [0.25, 0.3) is 33.4 Å². The lowest BCUT2D eigenvalue weighted by molar-refractivity contribution is 1.28. The molecule has 0 amide bonds. The van der Waals surface area contributed by atoms with E-state index in [1.807, 2.05) is 0 Å². The molecule has 6 aromatic carbocycles. The van der Waals surface area contributed by atoms with Crippen LogP contribution in [0.1, 0.15) is 5.56 Å². The standard InChI is InChI=1S/C37H29N/c1-28-15-17-33(18-16-28)34-13-8-14-37(27-34)38(35-23-19-31(20-24-35)29-9-4-2-5-10-29)36-25-21-32(22-26-36)30-11-6-3-7-12-30/h2-27H,1H3. The molecule has 0 fully saturated rings. The summed E-state index contributed by atoms with van der Waals surface area (Å²) in [6.07, 6.45) is 0. The Bertz CT molecular complexity index is 1530. The number of anilines is 3. The van der Waals surface area contributed by atoms with Crippen molar-refractivity contribution in [3.63, 3.8) is 0 Å². The Kier molecular flexibility index (Phi) is 6.57. The lowest BCUT2D eigenvalue weighted by Crippen LogP contribution is -2.10. The molecule has 0 radical (unpaired) electrons. The lowest BCUT2D eigenvalue weighted by Gasteiger charge is -2.26. The fourth-order valence-electron chi connectivity index (χ4n) is 4.88. The zero-order valence-electron chi connectivity index (χ0n) is 21.5. The third kappa shape index (κ3) is 5.00. The second kappa shape index (κ2) is 10.6. The van der Waals surface area contributed by atoms with Gasteiger partial charge in [0.1, 0.15) is 0 Å². The van der Waals surface area contributed by atoms with Gasteiger partial charge in [-0.2, -0.15) is 0 Å². The Hall–Kier alpha value is -4.88. The molecule has 38 heavy (non-hydrogen) atoms. The van der Waals surface area contributed by atoms with Crippen LogP contribution in [-0.2, 0) is 0 Å². The monoisotopic (exact) mass is 487 g/mol. The molecule has 0 unspecified atom stereocenters. The van der Waals surface area contributed by atoms with E-state index in [-0.39, 0.29) is 0 Å². The van der Waals surface area contributed by atoms with Crippen molar-refractivity contribution >= 4 is 17.1 Å². The number of benzene rings is 6. The second-order valence-corrected chi connectivity index (χ2v) is 9.58. The largest absolute Gasteiger partial charge is 0.310 e. The third-order valence-corrected chi connectivity index (χ3v) is 6.95. The first-order valence-electron chi connectivity index (χ1n) is 13.0. The molecule has 0 aliphatic rings. The Morgan fingerprint density at radius 3 is 1.21 bits per heavy atom. The zero-order chi connectivity index (χ0) is 25.7. The van der Waals surface area contributed by atoms with Gasteiger partial charge in [0.15, 0.2) is 0 Å². The van der Waals surface area contributed by atoms with Crippen molar-refractivity contribution in [3.8, 4) is 33.4 Å². The van der Waals surface area contributed by atoms with E-state index in [1.54, 1.807) is 0 Å². The number of aryl methyl sites for hydroxylation is 1. The van der Waals surface area contributed by atoms with Gasteiger partial charge in [0.2, 0.25) is 0 Å². The van der Waals surface area contributed by atoms with Gasteiger partial charge >= 0.3 is 0 Å². The van der Waals surface area contributed by atoms with Crippen LogP contribution in [0.2, 0.25) is 0 Å². The van der Waals surface area contributed by atoms with E-state index >= 15 is 0 Å². The van der Waals surface area contributed by atoms with Gasteiger partial charge in [-0.3, -0.25) is 0 Å². The molecule has 1 heteroatoms. The topological polar surface area (TPSA) is 3.24 Å². The summed E-state index contributed by atoms with van der Waals surface area (Å²) in [6, 6.07) is 56.3. The Balaban J connectivity index is 1.42. The van der Waals surface area contributed by atoms with Crippen LogP contribution >= 0.6 is 0 Å². The van der Waals surface area contributed by atoms with E-state index in [1.165, 1.54) is 38.9 Å². The molecule has 182 valence electrons. The van der Waals surface area contributed by atoms with Gasteiger partial charge < -0.3 is 4.90 Å². The van der Waals surface area contributed by atoms with E-state index in [2.05, 4.69) is 170 Å². The molecule has 0 spiro atoms. The summed E-state index contributed by atoms with van der Waals surface area (Å²) >= 11 is 0. The third-order valence-electron chi connectivity index (χ3n) is 6.95. The van der Waals surface area contributed by atoms with E-state index < -0.39 is 0 Å². The SMILES string of the molecule is Cc1ccc(-c2cccc(N(c3ccc(-c4ccccc4)cc3)c3ccc(-c4ccccc4)cc3)c2)cc1. The molecular weight excluding hydrogens is 458 g/mol. The molecule has 0 N–H and O–H groups in total. The molecule has 0 saturated carbocycles. The fourth-order valence-corrected chi connectivity index (χ4v) is 4.88. The van der Waals surface area contributed by atoms with E-state index in [0.29, 0.717) is 0 Å².